The fourth-order valence-electron chi connectivity index (χ4n) is 2.94. The van der Waals surface area contributed by atoms with Crippen LogP contribution in [0.2, 0.25) is 0 Å². The van der Waals surface area contributed by atoms with E-state index in [1.807, 2.05) is 30.3 Å². The SMILES string of the molecule is COC(=O)c1ccc(N2CCOCC2)c(NC(=O)Cc2ccc(Br)cc2)c1. The Labute approximate surface area is 166 Å². The number of morpholine rings is 1. The second-order valence-corrected chi connectivity index (χ2v) is 7.09. The Morgan fingerprint density at radius 2 is 1.85 bits per heavy atom. The summed E-state index contributed by atoms with van der Waals surface area (Å²) in [7, 11) is 1.34. The summed E-state index contributed by atoms with van der Waals surface area (Å²) in [4.78, 5) is 26.6. The Balaban J connectivity index is 1.82. The van der Waals surface area contributed by atoms with Gasteiger partial charge in [-0.3, -0.25) is 4.79 Å². The van der Waals surface area contributed by atoms with Crippen molar-refractivity contribution in [1.29, 1.82) is 0 Å². The molecule has 142 valence electrons. The van der Waals surface area contributed by atoms with Crippen LogP contribution >= 0.6 is 15.9 Å². The van der Waals surface area contributed by atoms with Crippen LogP contribution in [0, 0.1) is 0 Å². The number of nitrogens with one attached hydrogen (secondary N) is 1. The molecule has 1 saturated heterocycles. The van der Waals surface area contributed by atoms with E-state index in [-0.39, 0.29) is 12.3 Å². The lowest BCUT2D eigenvalue weighted by Gasteiger charge is -2.30. The molecule has 7 heteroatoms. The molecule has 27 heavy (non-hydrogen) atoms. The van der Waals surface area contributed by atoms with Crippen molar-refractivity contribution in [2.24, 2.45) is 0 Å². The van der Waals surface area contributed by atoms with Crippen LogP contribution in [0.15, 0.2) is 46.9 Å². The molecule has 1 amide bonds. The molecule has 6 nitrogen and oxygen atoms in total. The van der Waals surface area contributed by atoms with Crippen molar-refractivity contribution in [3.63, 3.8) is 0 Å². The molecule has 1 heterocycles. The van der Waals surface area contributed by atoms with E-state index >= 15 is 0 Å². The van der Waals surface area contributed by atoms with Gasteiger partial charge in [0, 0.05) is 17.6 Å². The van der Waals surface area contributed by atoms with Crippen molar-refractivity contribution >= 4 is 39.2 Å². The Kier molecular flexibility index (Phi) is 6.47. The Hall–Kier alpha value is -2.38. The highest BCUT2D eigenvalue weighted by atomic mass is 79.9. The minimum absolute atomic E-state index is 0.145. The van der Waals surface area contributed by atoms with E-state index in [0.717, 1.165) is 28.8 Å². The van der Waals surface area contributed by atoms with Gasteiger partial charge in [-0.15, -0.1) is 0 Å². The number of hydrogen-bond donors (Lipinski definition) is 1. The molecule has 0 atom stereocenters. The van der Waals surface area contributed by atoms with Crippen molar-refractivity contribution in [3.8, 4) is 0 Å². The number of methoxy groups -OCH3 is 1. The minimum atomic E-state index is -0.438. The first kappa shape index (κ1) is 19.4. The third kappa shape index (κ3) is 5.08. The number of carbonyl (C=O) groups excluding carboxylic acids is 2. The maximum atomic E-state index is 12.6. The summed E-state index contributed by atoms with van der Waals surface area (Å²) >= 11 is 3.39. The monoisotopic (exact) mass is 432 g/mol. The fraction of sp³-hybridized carbons (Fsp3) is 0.300. The molecule has 1 aliphatic rings. The van der Waals surface area contributed by atoms with Crippen LogP contribution in [-0.2, 0) is 20.7 Å². The van der Waals surface area contributed by atoms with Crippen LogP contribution in [0.25, 0.3) is 0 Å². The van der Waals surface area contributed by atoms with Gasteiger partial charge in [-0.25, -0.2) is 4.79 Å². The number of esters is 1. The molecule has 1 N–H and O–H groups in total. The zero-order valence-electron chi connectivity index (χ0n) is 15.0. The van der Waals surface area contributed by atoms with Gasteiger partial charge in [0.05, 0.1) is 43.7 Å². The van der Waals surface area contributed by atoms with Gasteiger partial charge in [-0.1, -0.05) is 28.1 Å². The molecular weight excluding hydrogens is 412 g/mol. The van der Waals surface area contributed by atoms with E-state index in [4.69, 9.17) is 9.47 Å². The molecule has 3 rings (SSSR count). The highest BCUT2D eigenvalue weighted by Crippen LogP contribution is 2.28. The van der Waals surface area contributed by atoms with E-state index < -0.39 is 5.97 Å². The smallest absolute Gasteiger partial charge is 0.337 e. The number of amides is 1. The lowest BCUT2D eigenvalue weighted by Crippen LogP contribution is -2.37. The van der Waals surface area contributed by atoms with E-state index in [2.05, 4.69) is 26.1 Å². The molecule has 0 saturated carbocycles. The third-order valence-corrected chi connectivity index (χ3v) is 4.85. The summed E-state index contributed by atoms with van der Waals surface area (Å²) in [6.45, 7) is 2.72. The maximum Gasteiger partial charge on any atom is 0.337 e. The normalized spacial score (nSPS) is 13.9. The Morgan fingerprint density at radius 3 is 2.52 bits per heavy atom. The van der Waals surface area contributed by atoms with Gasteiger partial charge in [0.25, 0.3) is 0 Å². The predicted molar refractivity (Wildman–Crippen MR) is 107 cm³/mol. The predicted octanol–water partition coefficient (Wildman–Crippen LogP) is 3.25. The number of ether oxygens (including phenoxy) is 2. The third-order valence-electron chi connectivity index (χ3n) is 4.32. The van der Waals surface area contributed by atoms with Crippen molar-refractivity contribution in [2.45, 2.75) is 6.42 Å². The van der Waals surface area contributed by atoms with E-state index in [0.29, 0.717) is 24.5 Å². The Morgan fingerprint density at radius 1 is 1.15 bits per heavy atom. The summed E-state index contributed by atoms with van der Waals surface area (Å²) in [6, 6.07) is 12.8. The molecule has 2 aromatic rings. The van der Waals surface area contributed by atoms with Gasteiger partial charge in [0.2, 0.25) is 5.91 Å². The number of benzene rings is 2. The molecule has 2 aromatic carbocycles. The molecular formula is C20H21BrN2O4. The van der Waals surface area contributed by atoms with Crippen molar-refractivity contribution < 1.29 is 19.1 Å². The quantitative estimate of drug-likeness (QED) is 0.734. The summed E-state index contributed by atoms with van der Waals surface area (Å²) < 4.78 is 11.2. The average Bonchev–Trinajstić information content (AvgIpc) is 2.69. The van der Waals surface area contributed by atoms with Gasteiger partial charge < -0.3 is 19.7 Å². The number of hydrogen-bond acceptors (Lipinski definition) is 5. The van der Waals surface area contributed by atoms with Crippen molar-refractivity contribution in [3.05, 3.63) is 58.1 Å². The standard InChI is InChI=1S/C20H21BrN2O4/c1-26-20(25)15-4-7-18(23-8-10-27-11-9-23)17(13-15)22-19(24)12-14-2-5-16(21)6-3-14/h2-7,13H,8-12H2,1H3,(H,22,24). The van der Waals surface area contributed by atoms with Gasteiger partial charge in [-0.05, 0) is 35.9 Å². The first-order valence-corrected chi connectivity index (χ1v) is 9.45. The van der Waals surface area contributed by atoms with Crippen LogP contribution in [0.1, 0.15) is 15.9 Å². The molecule has 0 bridgehead atoms. The molecule has 1 aliphatic heterocycles. The molecule has 1 fully saturated rings. The lowest BCUT2D eigenvalue weighted by molar-refractivity contribution is -0.115. The van der Waals surface area contributed by atoms with E-state index in [9.17, 15) is 9.59 Å². The maximum absolute atomic E-state index is 12.6. The van der Waals surface area contributed by atoms with E-state index in [1.165, 1.54) is 7.11 Å². The number of carbonyl (C=O) groups is 2. The summed E-state index contributed by atoms with van der Waals surface area (Å²) in [5, 5.41) is 2.95. The van der Waals surface area contributed by atoms with Crippen molar-refractivity contribution in [1.82, 2.24) is 0 Å². The van der Waals surface area contributed by atoms with Crippen LogP contribution in [0.5, 0.6) is 0 Å². The highest BCUT2D eigenvalue weighted by molar-refractivity contribution is 9.10. The average molecular weight is 433 g/mol. The zero-order chi connectivity index (χ0) is 19.2. The van der Waals surface area contributed by atoms with Crippen LogP contribution in [-0.4, -0.2) is 45.3 Å². The number of anilines is 2. The van der Waals surface area contributed by atoms with E-state index in [1.54, 1.807) is 12.1 Å². The molecule has 0 radical (unpaired) electrons. The molecule has 0 aromatic heterocycles. The van der Waals surface area contributed by atoms with Gasteiger partial charge in [0.15, 0.2) is 0 Å². The second kappa shape index (κ2) is 9.01. The molecule has 0 aliphatic carbocycles. The van der Waals surface area contributed by atoms with Crippen molar-refractivity contribution in [2.75, 3.05) is 43.6 Å². The summed E-state index contributed by atoms with van der Waals surface area (Å²) in [5.41, 5.74) is 2.78. The summed E-state index contributed by atoms with van der Waals surface area (Å²) in [6.07, 6.45) is 0.248. The van der Waals surface area contributed by atoms with Gasteiger partial charge >= 0.3 is 5.97 Å². The van der Waals surface area contributed by atoms with Crippen LogP contribution in [0.3, 0.4) is 0 Å². The Bertz CT molecular complexity index is 817. The minimum Gasteiger partial charge on any atom is -0.465 e. The topological polar surface area (TPSA) is 67.9 Å². The molecule has 0 unspecified atom stereocenters. The number of rotatable bonds is 5. The number of nitrogens with zero attached hydrogens (tertiary/aromatic N) is 1. The van der Waals surface area contributed by atoms with Crippen LogP contribution in [0.4, 0.5) is 11.4 Å². The first-order chi connectivity index (χ1) is 13.1. The summed E-state index contributed by atoms with van der Waals surface area (Å²) in [5.74, 6) is -0.583. The number of halogens is 1. The first-order valence-electron chi connectivity index (χ1n) is 8.66. The van der Waals surface area contributed by atoms with Gasteiger partial charge in [-0.2, -0.15) is 0 Å². The second-order valence-electron chi connectivity index (χ2n) is 6.17. The lowest BCUT2D eigenvalue weighted by atomic mass is 10.1. The highest BCUT2D eigenvalue weighted by Gasteiger charge is 2.18. The van der Waals surface area contributed by atoms with Crippen LogP contribution < -0.4 is 10.2 Å². The zero-order valence-corrected chi connectivity index (χ0v) is 16.6. The fourth-order valence-corrected chi connectivity index (χ4v) is 3.21. The largest absolute Gasteiger partial charge is 0.465 e. The van der Waals surface area contributed by atoms with Gasteiger partial charge in [0.1, 0.15) is 0 Å². The molecule has 0 spiro atoms.